The van der Waals surface area contributed by atoms with Gasteiger partial charge in [-0.15, -0.1) is 0 Å². The van der Waals surface area contributed by atoms with Gasteiger partial charge in [0.25, 0.3) is 0 Å². The molecule has 2 N–H and O–H groups in total. The Labute approximate surface area is 116 Å². The Balaban J connectivity index is 2.62. The molecule has 0 heterocycles. The first kappa shape index (κ1) is 15.3. The van der Waals surface area contributed by atoms with Gasteiger partial charge in [-0.1, -0.05) is 17.7 Å². The summed E-state index contributed by atoms with van der Waals surface area (Å²) >= 11 is 5.82. The molecular formula is C13H16ClNO4. The topological polar surface area (TPSA) is 75.6 Å². The molecule has 0 saturated carbocycles. The zero-order chi connectivity index (χ0) is 14.6. The minimum Gasteiger partial charge on any atom is -0.478 e. The summed E-state index contributed by atoms with van der Waals surface area (Å²) in [5.74, 6) is -1.09. The average Bonchev–Trinajstić information content (AvgIpc) is 2.23. The second-order valence-electron chi connectivity index (χ2n) is 4.97. The first-order chi connectivity index (χ1) is 8.69. The Bertz CT molecular complexity index is 494. The number of carbonyl (C=O) groups excluding carboxylic acids is 1. The third-order valence-corrected chi connectivity index (χ3v) is 2.41. The molecule has 0 aliphatic carbocycles. The summed E-state index contributed by atoms with van der Waals surface area (Å²) in [7, 11) is 0. The number of alkyl carbamates (subject to hydrolysis) is 1. The van der Waals surface area contributed by atoms with E-state index in [9.17, 15) is 9.59 Å². The summed E-state index contributed by atoms with van der Waals surface area (Å²) < 4.78 is 5.07. The van der Waals surface area contributed by atoms with Crippen LogP contribution in [0.25, 0.3) is 0 Å². The molecule has 1 aromatic carbocycles. The van der Waals surface area contributed by atoms with Gasteiger partial charge in [0.05, 0.1) is 10.6 Å². The molecule has 5 nitrogen and oxygen atoms in total. The van der Waals surface area contributed by atoms with Crippen molar-refractivity contribution in [2.24, 2.45) is 0 Å². The Morgan fingerprint density at radius 1 is 1.37 bits per heavy atom. The fourth-order valence-corrected chi connectivity index (χ4v) is 1.61. The first-order valence-corrected chi connectivity index (χ1v) is 6.05. The molecule has 0 aliphatic rings. The lowest BCUT2D eigenvalue weighted by Gasteiger charge is -2.19. The first-order valence-electron chi connectivity index (χ1n) is 5.67. The van der Waals surface area contributed by atoms with Crippen LogP contribution in [0.2, 0.25) is 5.02 Å². The van der Waals surface area contributed by atoms with Crippen molar-refractivity contribution in [1.82, 2.24) is 5.32 Å². The number of halogens is 1. The highest BCUT2D eigenvalue weighted by atomic mass is 35.5. The van der Waals surface area contributed by atoms with E-state index in [2.05, 4.69) is 5.32 Å². The quantitative estimate of drug-likeness (QED) is 0.895. The van der Waals surface area contributed by atoms with Crippen molar-refractivity contribution in [1.29, 1.82) is 0 Å². The Hall–Kier alpha value is -1.75. The zero-order valence-electron chi connectivity index (χ0n) is 11.0. The molecule has 0 atom stereocenters. The number of rotatable bonds is 3. The molecule has 1 aromatic rings. The van der Waals surface area contributed by atoms with Crippen molar-refractivity contribution < 1.29 is 19.4 Å². The van der Waals surface area contributed by atoms with Crippen LogP contribution < -0.4 is 5.32 Å². The second-order valence-corrected chi connectivity index (χ2v) is 5.38. The molecule has 0 fully saturated rings. The molecule has 0 saturated heterocycles. The van der Waals surface area contributed by atoms with E-state index in [0.717, 1.165) is 0 Å². The molecule has 0 unspecified atom stereocenters. The normalized spacial score (nSPS) is 10.9. The van der Waals surface area contributed by atoms with Crippen LogP contribution >= 0.6 is 11.6 Å². The fourth-order valence-electron chi connectivity index (χ4n) is 1.33. The van der Waals surface area contributed by atoms with Crippen LogP contribution in [0.5, 0.6) is 0 Å². The molecular weight excluding hydrogens is 270 g/mol. The number of benzene rings is 1. The van der Waals surface area contributed by atoms with Crippen molar-refractivity contribution in [3.05, 3.63) is 34.3 Å². The highest BCUT2D eigenvalue weighted by Gasteiger charge is 2.16. The van der Waals surface area contributed by atoms with Gasteiger partial charge in [0, 0.05) is 6.54 Å². The van der Waals surface area contributed by atoms with Gasteiger partial charge < -0.3 is 15.2 Å². The van der Waals surface area contributed by atoms with Crippen molar-refractivity contribution in [3.63, 3.8) is 0 Å². The van der Waals surface area contributed by atoms with Crippen molar-refractivity contribution >= 4 is 23.7 Å². The molecule has 6 heteroatoms. The summed E-state index contributed by atoms with van der Waals surface area (Å²) in [4.78, 5) is 22.2. The lowest BCUT2D eigenvalue weighted by molar-refractivity contribution is 0.0522. The van der Waals surface area contributed by atoms with Crippen LogP contribution in [-0.2, 0) is 11.3 Å². The Morgan fingerprint density at radius 2 is 2.00 bits per heavy atom. The molecule has 0 aliphatic heterocycles. The molecule has 104 valence electrons. The third-order valence-electron chi connectivity index (χ3n) is 2.10. The van der Waals surface area contributed by atoms with Gasteiger partial charge in [-0.25, -0.2) is 9.59 Å². The van der Waals surface area contributed by atoms with E-state index in [1.807, 2.05) is 0 Å². The summed E-state index contributed by atoms with van der Waals surface area (Å²) in [6, 6.07) is 4.49. The molecule has 0 aromatic heterocycles. The fraction of sp³-hybridized carbons (Fsp3) is 0.385. The molecule has 1 amide bonds. The molecule has 0 bridgehead atoms. The molecule has 19 heavy (non-hydrogen) atoms. The minimum absolute atomic E-state index is 0.0303. The van der Waals surface area contributed by atoms with Crippen LogP contribution in [0, 0.1) is 0 Å². The summed E-state index contributed by atoms with van der Waals surface area (Å²) in [5, 5.41) is 11.5. The maximum atomic E-state index is 11.4. The van der Waals surface area contributed by atoms with E-state index in [1.54, 1.807) is 26.8 Å². The van der Waals surface area contributed by atoms with E-state index in [-0.39, 0.29) is 17.1 Å². The molecule has 1 rings (SSSR count). The number of carboxylic acids is 1. The van der Waals surface area contributed by atoms with Crippen LogP contribution in [0.3, 0.4) is 0 Å². The summed E-state index contributed by atoms with van der Waals surface area (Å²) in [6.45, 7) is 5.52. The Morgan fingerprint density at radius 3 is 2.47 bits per heavy atom. The number of ether oxygens (including phenoxy) is 1. The zero-order valence-corrected chi connectivity index (χ0v) is 11.7. The van der Waals surface area contributed by atoms with Gasteiger partial charge in [-0.3, -0.25) is 0 Å². The van der Waals surface area contributed by atoms with Gasteiger partial charge in [0.2, 0.25) is 0 Å². The van der Waals surface area contributed by atoms with E-state index < -0.39 is 17.7 Å². The van der Waals surface area contributed by atoms with Crippen LogP contribution in [0.4, 0.5) is 4.79 Å². The predicted octanol–water partition coefficient (Wildman–Crippen LogP) is 3.06. The van der Waals surface area contributed by atoms with Crippen molar-refractivity contribution in [2.45, 2.75) is 32.9 Å². The number of hydrogen-bond acceptors (Lipinski definition) is 3. The van der Waals surface area contributed by atoms with Gasteiger partial charge in [0.1, 0.15) is 5.60 Å². The number of amides is 1. The highest BCUT2D eigenvalue weighted by molar-refractivity contribution is 6.33. The van der Waals surface area contributed by atoms with Gasteiger partial charge in [-0.2, -0.15) is 0 Å². The largest absolute Gasteiger partial charge is 0.478 e. The average molecular weight is 286 g/mol. The number of hydrogen-bond donors (Lipinski definition) is 2. The van der Waals surface area contributed by atoms with E-state index in [4.69, 9.17) is 21.4 Å². The van der Waals surface area contributed by atoms with Crippen LogP contribution in [0.15, 0.2) is 18.2 Å². The van der Waals surface area contributed by atoms with Gasteiger partial charge in [-0.05, 0) is 38.5 Å². The van der Waals surface area contributed by atoms with E-state index in [0.29, 0.717) is 5.56 Å². The lowest BCUT2D eigenvalue weighted by Crippen LogP contribution is -2.32. The van der Waals surface area contributed by atoms with Crippen LogP contribution in [-0.4, -0.2) is 22.8 Å². The highest BCUT2D eigenvalue weighted by Crippen LogP contribution is 2.18. The summed E-state index contributed by atoms with van der Waals surface area (Å²) in [6.07, 6.45) is -0.536. The number of carboxylic acid groups (broad SMARTS) is 1. The Kier molecular flexibility index (Phi) is 4.78. The predicted molar refractivity (Wildman–Crippen MR) is 71.5 cm³/mol. The van der Waals surface area contributed by atoms with Crippen LogP contribution in [0.1, 0.15) is 36.7 Å². The smallest absolute Gasteiger partial charge is 0.407 e. The molecule has 0 spiro atoms. The standard InChI is InChI=1S/C13H16ClNO4/c1-13(2,3)19-12(18)15-7-8-4-5-9(11(16)17)10(14)6-8/h4-6H,7H2,1-3H3,(H,15,18)(H,16,17). The third kappa shape index (κ3) is 5.18. The number of nitrogens with one attached hydrogen (secondary N) is 1. The van der Waals surface area contributed by atoms with E-state index >= 15 is 0 Å². The SMILES string of the molecule is CC(C)(C)OC(=O)NCc1ccc(C(=O)O)c(Cl)c1. The molecule has 0 radical (unpaired) electrons. The van der Waals surface area contributed by atoms with E-state index in [1.165, 1.54) is 12.1 Å². The minimum atomic E-state index is -1.09. The second kappa shape index (κ2) is 5.93. The maximum Gasteiger partial charge on any atom is 0.407 e. The summed E-state index contributed by atoms with van der Waals surface area (Å²) in [5.41, 5.74) is 0.165. The van der Waals surface area contributed by atoms with Crippen molar-refractivity contribution in [2.75, 3.05) is 0 Å². The van der Waals surface area contributed by atoms with Gasteiger partial charge >= 0.3 is 12.1 Å². The monoisotopic (exact) mass is 285 g/mol. The number of aromatic carboxylic acids is 1. The van der Waals surface area contributed by atoms with Crippen molar-refractivity contribution in [3.8, 4) is 0 Å². The lowest BCUT2D eigenvalue weighted by atomic mass is 10.1. The maximum absolute atomic E-state index is 11.4. The van der Waals surface area contributed by atoms with Gasteiger partial charge in [0.15, 0.2) is 0 Å². The number of carbonyl (C=O) groups is 2.